The molecule has 0 aliphatic rings. The van der Waals surface area contributed by atoms with E-state index in [9.17, 15) is 4.79 Å². The van der Waals surface area contributed by atoms with Gasteiger partial charge in [-0.05, 0) is 37.1 Å². The van der Waals surface area contributed by atoms with E-state index in [2.05, 4.69) is 5.32 Å². The second-order valence-electron chi connectivity index (χ2n) is 5.31. The Morgan fingerprint density at radius 1 is 1.18 bits per heavy atom. The molecular weight excluding hydrogens is 298 g/mol. The number of benzene rings is 2. The van der Waals surface area contributed by atoms with Crippen molar-refractivity contribution in [3.63, 3.8) is 0 Å². The van der Waals surface area contributed by atoms with Crippen LogP contribution in [0.1, 0.15) is 18.1 Å². The fourth-order valence-electron chi connectivity index (χ4n) is 2.12. The van der Waals surface area contributed by atoms with Gasteiger partial charge in [0.15, 0.2) is 0 Å². The minimum atomic E-state index is -0.0745. The summed E-state index contributed by atoms with van der Waals surface area (Å²) in [7, 11) is 0. The van der Waals surface area contributed by atoms with Gasteiger partial charge in [-0.15, -0.1) is 0 Å². The summed E-state index contributed by atoms with van der Waals surface area (Å²) in [6, 6.07) is 15.1. The fraction of sp³-hybridized carbons (Fsp3) is 0.278. The molecule has 0 bridgehead atoms. The minimum absolute atomic E-state index is 0.0611. The van der Waals surface area contributed by atoms with Gasteiger partial charge in [0.05, 0.1) is 12.5 Å². The highest BCUT2D eigenvalue weighted by atomic mass is 35.5. The van der Waals surface area contributed by atoms with Crippen molar-refractivity contribution < 1.29 is 9.53 Å². The molecular formula is C18H20ClNO2. The molecule has 1 N–H and O–H groups in total. The Kier molecular flexibility index (Phi) is 5.84. The maximum absolute atomic E-state index is 12.0. The SMILES string of the molecule is Cc1ccccc1OC[C@H](C)NC(=O)Cc1ccccc1Cl. The monoisotopic (exact) mass is 317 g/mol. The largest absolute Gasteiger partial charge is 0.491 e. The first-order chi connectivity index (χ1) is 10.6. The van der Waals surface area contributed by atoms with Gasteiger partial charge in [0.2, 0.25) is 5.91 Å². The zero-order valence-electron chi connectivity index (χ0n) is 12.8. The number of amides is 1. The van der Waals surface area contributed by atoms with Crippen molar-refractivity contribution in [2.45, 2.75) is 26.3 Å². The Labute approximate surface area is 136 Å². The summed E-state index contributed by atoms with van der Waals surface area (Å²) in [5.41, 5.74) is 1.91. The predicted octanol–water partition coefficient (Wildman–Crippen LogP) is 3.77. The minimum Gasteiger partial charge on any atom is -0.491 e. The van der Waals surface area contributed by atoms with Crippen LogP contribution in [0.25, 0.3) is 0 Å². The van der Waals surface area contributed by atoms with Gasteiger partial charge >= 0.3 is 0 Å². The van der Waals surface area contributed by atoms with Gasteiger partial charge in [0, 0.05) is 5.02 Å². The Balaban J connectivity index is 1.82. The smallest absolute Gasteiger partial charge is 0.224 e. The van der Waals surface area contributed by atoms with E-state index < -0.39 is 0 Å². The quantitative estimate of drug-likeness (QED) is 0.880. The van der Waals surface area contributed by atoms with Gasteiger partial charge < -0.3 is 10.1 Å². The lowest BCUT2D eigenvalue weighted by molar-refractivity contribution is -0.121. The molecule has 0 radical (unpaired) electrons. The highest BCUT2D eigenvalue weighted by Gasteiger charge is 2.11. The van der Waals surface area contributed by atoms with Gasteiger partial charge in [-0.1, -0.05) is 48.0 Å². The van der Waals surface area contributed by atoms with Crippen LogP contribution in [-0.2, 0) is 11.2 Å². The molecule has 1 amide bonds. The van der Waals surface area contributed by atoms with E-state index in [0.29, 0.717) is 11.6 Å². The summed E-state index contributed by atoms with van der Waals surface area (Å²) in [6.45, 7) is 4.35. The number of nitrogens with one attached hydrogen (secondary N) is 1. The van der Waals surface area contributed by atoms with Crippen molar-refractivity contribution in [3.8, 4) is 5.75 Å². The molecule has 0 saturated carbocycles. The number of rotatable bonds is 6. The van der Waals surface area contributed by atoms with E-state index >= 15 is 0 Å². The third kappa shape index (κ3) is 4.78. The number of halogens is 1. The van der Waals surface area contributed by atoms with E-state index in [1.807, 2.05) is 56.3 Å². The van der Waals surface area contributed by atoms with Gasteiger partial charge in [0.1, 0.15) is 12.4 Å². The third-order valence-electron chi connectivity index (χ3n) is 3.30. The molecule has 3 nitrogen and oxygen atoms in total. The van der Waals surface area contributed by atoms with Crippen LogP contribution in [-0.4, -0.2) is 18.6 Å². The summed E-state index contributed by atoms with van der Waals surface area (Å²) >= 11 is 6.06. The van der Waals surface area contributed by atoms with Gasteiger partial charge in [-0.3, -0.25) is 4.79 Å². The van der Waals surface area contributed by atoms with Gasteiger partial charge in [-0.2, -0.15) is 0 Å². The lowest BCUT2D eigenvalue weighted by Crippen LogP contribution is -2.37. The summed E-state index contributed by atoms with van der Waals surface area (Å²) < 4.78 is 5.73. The van der Waals surface area contributed by atoms with E-state index in [1.165, 1.54) is 0 Å². The van der Waals surface area contributed by atoms with Crippen molar-refractivity contribution in [1.29, 1.82) is 0 Å². The Morgan fingerprint density at radius 3 is 2.59 bits per heavy atom. The molecule has 2 aromatic rings. The Bertz CT molecular complexity index is 642. The van der Waals surface area contributed by atoms with E-state index in [1.54, 1.807) is 6.07 Å². The van der Waals surface area contributed by atoms with Crippen LogP contribution in [0.15, 0.2) is 48.5 Å². The van der Waals surface area contributed by atoms with Crippen molar-refractivity contribution in [1.82, 2.24) is 5.32 Å². The van der Waals surface area contributed by atoms with E-state index in [0.717, 1.165) is 16.9 Å². The van der Waals surface area contributed by atoms with Crippen molar-refractivity contribution in [2.24, 2.45) is 0 Å². The zero-order chi connectivity index (χ0) is 15.9. The number of aryl methyl sites for hydroxylation is 1. The molecule has 4 heteroatoms. The lowest BCUT2D eigenvalue weighted by atomic mass is 10.1. The summed E-state index contributed by atoms with van der Waals surface area (Å²) in [5, 5.41) is 3.54. The fourth-order valence-corrected chi connectivity index (χ4v) is 2.32. The number of hydrogen-bond acceptors (Lipinski definition) is 2. The van der Waals surface area contributed by atoms with Crippen LogP contribution in [0.2, 0.25) is 5.02 Å². The first-order valence-electron chi connectivity index (χ1n) is 7.27. The number of carbonyl (C=O) groups excluding carboxylic acids is 1. The van der Waals surface area contributed by atoms with Crippen molar-refractivity contribution in [2.75, 3.05) is 6.61 Å². The maximum atomic E-state index is 12.0. The molecule has 0 fully saturated rings. The van der Waals surface area contributed by atoms with Crippen molar-refractivity contribution in [3.05, 3.63) is 64.7 Å². The topological polar surface area (TPSA) is 38.3 Å². The molecule has 0 heterocycles. The third-order valence-corrected chi connectivity index (χ3v) is 3.67. The van der Waals surface area contributed by atoms with Crippen LogP contribution in [0, 0.1) is 6.92 Å². The Morgan fingerprint density at radius 2 is 1.86 bits per heavy atom. The van der Waals surface area contributed by atoms with Crippen molar-refractivity contribution >= 4 is 17.5 Å². The summed E-state index contributed by atoms with van der Waals surface area (Å²) in [6.07, 6.45) is 0.272. The highest BCUT2D eigenvalue weighted by Crippen LogP contribution is 2.17. The number of carbonyl (C=O) groups is 1. The van der Waals surface area contributed by atoms with Gasteiger partial charge in [-0.25, -0.2) is 0 Å². The number of para-hydroxylation sites is 1. The van der Waals surface area contributed by atoms with Crippen LogP contribution in [0.5, 0.6) is 5.75 Å². The number of hydrogen-bond donors (Lipinski definition) is 1. The molecule has 1 atom stereocenters. The molecule has 0 saturated heterocycles. The molecule has 0 aliphatic carbocycles. The molecule has 0 aromatic heterocycles. The molecule has 2 rings (SSSR count). The molecule has 116 valence electrons. The average molecular weight is 318 g/mol. The van der Waals surface area contributed by atoms with Crippen LogP contribution in [0.4, 0.5) is 0 Å². The predicted molar refractivity (Wildman–Crippen MR) is 89.4 cm³/mol. The highest BCUT2D eigenvalue weighted by molar-refractivity contribution is 6.31. The normalized spacial score (nSPS) is 11.8. The molecule has 0 unspecified atom stereocenters. The number of ether oxygens (including phenoxy) is 1. The summed E-state index contributed by atoms with van der Waals surface area (Å²) in [4.78, 5) is 12.0. The molecule has 0 aliphatic heterocycles. The van der Waals surface area contributed by atoms with Crippen LogP contribution < -0.4 is 10.1 Å². The molecule has 2 aromatic carbocycles. The first-order valence-corrected chi connectivity index (χ1v) is 7.65. The molecule has 0 spiro atoms. The standard InChI is InChI=1S/C18H20ClNO2/c1-13-7-3-6-10-17(13)22-12-14(2)20-18(21)11-15-8-4-5-9-16(15)19/h3-10,14H,11-12H2,1-2H3,(H,20,21)/t14-/m0/s1. The van der Waals surface area contributed by atoms with Crippen LogP contribution in [0.3, 0.4) is 0 Å². The van der Waals surface area contributed by atoms with E-state index in [-0.39, 0.29) is 18.4 Å². The molecule has 22 heavy (non-hydrogen) atoms. The Hall–Kier alpha value is -2.00. The second-order valence-corrected chi connectivity index (χ2v) is 5.72. The van der Waals surface area contributed by atoms with Gasteiger partial charge in [0.25, 0.3) is 0 Å². The lowest BCUT2D eigenvalue weighted by Gasteiger charge is -2.16. The maximum Gasteiger partial charge on any atom is 0.224 e. The van der Waals surface area contributed by atoms with Crippen LogP contribution >= 0.6 is 11.6 Å². The van der Waals surface area contributed by atoms with E-state index in [4.69, 9.17) is 16.3 Å². The second kappa shape index (κ2) is 7.85. The average Bonchev–Trinajstić information content (AvgIpc) is 2.49. The first kappa shape index (κ1) is 16.4. The summed E-state index contributed by atoms with van der Waals surface area (Å²) in [5.74, 6) is 0.781. The zero-order valence-corrected chi connectivity index (χ0v) is 13.6.